The molecule has 4 nitrogen and oxygen atoms in total. The standard InChI is InChI=1S/C13H25NO3.C2H6/c1-6-8-10(7-2)14-11(15)9-12(16)17-13(3,4)5;1-2/h10H,6-9H2,1-5H3,(H,14,15);1-2H3. The first-order chi connectivity index (χ1) is 8.78. The molecular formula is C15H31NO3. The highest BCUT2D eigenvalue weighted by Crippen LogP contribution is 2.08. The van der Waals surface area contributed by atoms with Crippen LogP contribution in [0.5, 0.6) is 0 Å². The number of amides is 1. The quantitative estimate of drug-likeness (QED) is 0.596. The van der Waals surface area contributed by atoms with Gasteiger partial charge in [0.1, 0.15) is 12.0 Å². The lowest BCUT2D eigenvalue weighted by molar-refractivity contribution is -0.156. The first-order valence-electron chi connectivity index (χ1n) is 7.29. The van der Waals surface area contributed by atoms with Crippen LogP contribution in [-0.2, 0) is 14.3 Å². The Balaban J connectivity index is 0. The second-order valence-electron chi connectivity index (χ2n) is 5.22. The summed E-state index contributed by atoms with van der Waals surface area (Å²) in [4.78, 5) is 23.0. The van der Waals surface area contributed by atoms with Crippen LogP contribution in [0.2, 0.25) is 0 Å². The molecule has 1 unspecified atom stereocenters. The smallest absolute Gasteiger partial charge is 0.315 e. The Hall–Kier alpha value is -1.06. The van der Waals surface area contributed by atoms with Gasteiger partial charge in [0, 0.05) is 6.04 Å². The van der Waals surface area contributed by atoms with Crippen molar-refractivity contribution in [3.8, 4) is 0 Å². The highest BCUT2D eigenvalue weighted by molar-refractivity contribution is 5.94. The van der Waals surface area contributed by atoms with Crippen molar-refractivity contribution in [2.75, 3.05) is 0 Å². The van der Waals surface area contributed by atoms with Crippen molar-refractivity contribution < 1.29 is 14.3 Å². The Morgan fingerprint density at radius 2 is 1.68 bits per heavy atom. The summed E-state index contributed by atoms with van der Waals surface area (Å²) in [6.45, 7) is 13.5. The third-order valence-electron chi connectivity index (χ3n) is 2.22. The fraction of sp³-hybridized carbons (Fsp3) is 0.867. The zero-order valence-corrected chi connectivity index (χ0v) is 13.6. The van der Waals surface area contributed by atoms with E-state index in [-0.39, 0.29) is 18.4 Å². The summed E-state index contributed by atoms with van der Waals surface area (Å²) in [6.07, 6.45) is 2.65. The molecule has 1 amide bonds. The number of nitrogens with one attached hydrogen (secondary N) is 1. The van der Waals surface area contributed by atoms with Gasteiger partial charge < -0.3 is 10.1 Å². The molecule has 0 aromatic carbocycles. The molecule has 1 atom stereocenters. The van der Waals surface area contributed by atoms with Crippen molar-refractivity contribution in [1.82, 2.24) is 5.32 Å². The molecule has 0 aromatic heterocycles. The van der Waals surface area contributed by atoms with Gasteiger partial charge in [-0.15, -0.1) is 0 Å². The lowest BCUT2D eigenvalue weighted by Gasteiger charge is -2.20. The molecule has 0 aliphatic carbocycles. The van der Waals surface area contributed by atoms with Crippen LogP contribution >= 0.6 is 0 Å². The summed E-state index contributed by atoms with van der Waals surface area (Å²) in [5.41, 5.74) is -0.537. The van der Waals surface area contributed by atoms with Gasteiger partial charge in [0.05, 0.1) is 0 Å². The average Bonchev–Trinajstić information content (AvgIpc) is 2.28. The van der Waals surface area contributed by atoms with E-state index in [1.54, 1.807) is 20.8 Å². The summed E-state index contributed by atoms with van der Waals surface area (Å²) >= 11 is 0. The van der Waals surface area contributed by atoms with Crippen molar-refractivity contribution in [3.63, 3.8) is 0 Å². The Morgan fingerprint density at radius 3 is 2.05 bits per heavy atom. The molecule has 1 N–H and O–H groups in total. The number of ether oxygens (including phenoxy) is 1. The fourth-order valence-corrected chi connectivity index (χ4v) is 1.51. The average molecular weight is 273 g/mol. The molecule has 0 bridgehead atoms. The lowest BCUT2D eigenvalue weighted by Crippen LogP contribution is -2.36. The number of rotatable bonds is 6. The Kier molecular flexibility index (Phi) is 11.5. The van der Waals surface area contributed by atoms with Crippen LogP contribution in [0.15, 0.2) is 0 Å². The Morgan fingerprint density at radius 1 is 1.16 bits per heavy atom. The molecule has 0 radical (unpaired) electrons. The normalized spacial score (nSPS) is 11.9. The van der Waals surface area contributed by atoms with Crippen molar-refractivity contribution in [3.05, 3.63) is 0 Å². The van der Waals surface area contributed by atoms with E-state index in [0.717, 1.165) is 19.3 Å². The number of carbonyl (C=O) groups is 2. The van der Waals surface area contributed by atoms with Crippen LogP contribution in [0.25, 0.3) is 0 Å². The third-order valence-corrected chi connectivity index (χ3v) is 2.22. The predicted octanol–water partition coefficient (Wildman–Crippen LogP) is 3.44. The van der Waals surface area contributed by atoms with E-state index >= 15 is 0 Å². The minimum atomic E-state index is -0.537. The molecular weight excluding hydrogens is 242 g/mol. The van der Waals surface area contributed by atoms with Crippen molar-refractivity contribution in [2.45, 2.75) is 85.8 Å². The highest BCUT2D eigenvalue weighted by Gasteiger charge is 2.19. The van der Waals surface area contributed by atoms with Gasteiger partial charge in [-0.05, 0) is 33.6 Å². The zero-order chi connectivity index (χ0) is 15.5. The molecule has 0 aliphatic heterocycles. The van der Waals surface area contributed by atoms with Crippen molar-refractivity contribution in [2.24, 2.45) is 0 Å². The zero-order valence-electron chi connectivity index (χ0n) is 13.6. The molecule has 19 heavy (non-hydrogen) atoms. The van der Waals surface area contributed by atoms with Gasteiger partial charge in [-0.3, -0.25) is 9.59 Å². The summed E-state index contributed by atoms with van der Waals surface area (Å²) in [6, 6.07) is 0.162. The van der Waals surface area contributed by atoms with E-state index in [1.165, 1.54) is 0 Å². The minimum Gasteiger partial charge on any atom is -0.460 e. The monoisotopic (exact) mass is 273 g/mol. The highest BCUT2D eigenvalue weighted by atomic mass is 16.6. The summed E-state index contributed by atoms with van der Waals surface area (Å²) in [7, 11) is 0. The van der Waals surface area contributed by atoms with E-state index in [2.05, 4.69) is 12.2 Å². The second kappa shape index (κ2) is 10.8. The van der Waals surface area contributed by atoms with Crippen LogP contribution in [0.4, 0.5) is 0 Å². The van der Waals surface area contributed by atoms with Crippen LogP contribution in [-0.4, -0.2) is 23.5 Å². The van der Waals surface area contributed by atoms with Crippen LogP contribution in [0, 0.1) is 0 Å². The summed E-state index contributed by atoms with van der Waals surface area (Å²) in [5, 5.41) is 2.84. The van der Waals surface area contributed by atoms with Crippen LogP contribution in [0.3, 0.4) is 0 Å². The Bertz CT molecular complexity index is 257. The van der Waals surface area contributed by atoms with E-state index in [0.29, 0.717) is 0 Å². The van der Waals surface area contributed by atoms with Crippen molar-refractivity contribution in [1.29, 1.82) is 0 Å². The SMILES string of the molecule is CC.CCCC(CC)NC(=O)CC(=O)OC(C)(C)C. The molecule has 0 saturated carbocycles. The third kappa shape index (κ3) is 13.2. The number of hydrogen-bond acceptors (Lipinski definition) is 3. The molecule has 0 aliphatic rings. The van der Waals surface area contributed by atoms with Crippen molar-refractivity contribution >= 4 is 11.9 Å². The first-order valence-corrected chi connectivity index (χ1v) is 7.29. The van der Waals surface area contributed by atoms with Gasteiger partial charge in [0.15, 0.2) is 0 Å². The lowest BCUT2D eigenvalue weighted by atomic mass is 10.1. The molecule has 0 fully saturated rings. The second-order valence-corrected chi connectivity index (χ2v) is 5.22. The van der Waals surface area contributed by atoms with Gasteiger partial charge >= 0.3 is 5.97 Å². The molecule has 0 aromatic rings. The molecule has 0 saturated heterocycles. The van der Waals surface area contributed by atoms with E-state index in [1.807, 2.05) is 20.8 Å². The maximum atomic E-state index is 11.6. The largest absolute Gasteiger partial charge is 0.460 e. The molecule has 114 valence electrons. The number of esters is 1. The summed E-state index contributed by atoms with van der Waals surface area (Å²) < 4.78 is 5.08. The summed E-state index contributed by atoms with van der Waals surface area (Å²) in [5.74, 6) is -0.721. The van der Waals surface area contributed by atoms with E-state index < -0.39 is 11.6 Å². The molecule has 0 heterocycles. The van der Waals surface area contributed by atoms with Gasteiger partial charge in [0.2, 0.25) is 5.91 Å². The van der Waals surface area contributed by atoms with E-state index in [4.69, 9.17) is 4.74 Å². The fourth-order valence-electron chi connectivity index (χ4n) is 1.51. The maximum absolute atomic E-state index is 11.6. The number of hydrogen-bond donors (Lipinski definition) is 1. The van der Waals surface area contributed by atoms with Gasteiger partial charge in [-0.1, -0.05) is 34.1 Å². The topological polar surface area (TPSA) is 55.4 Å². The van der Waals surface area contributed by atoms with Gasteiger partial charge in [0.25, 0.3) is 0 Å². The maximum Gasteiger partial charge on any atom is 0.315 e. The van der Waals surface area contributed by atoms with Gasteiger partial charge in [-0.2, -0.15) is 0 Å². The molecule has 0 spiro atoms. The van der Waals surface area contributed by atoms with E-state index in [9.17, 15) is 9.59 Å². The predicted molar refractivity (Wildman–Crippen MR) is 78.9 cm³/mol. The van der Waals surface area contributed by atoms with Crippen LogP contribution in [0.1, 0.15) is 74.1 Å². The van der Waals surface area contributed by atoms with Crippen LogP contribution < -0.4 is 5.32 Å². The minimum absolute atomic E-state index is 0.162. The first kappa shape index (κ1) is 20.3. The Labute approximate surface area is 118 Å². The molecule has 0 rings (SSSR count). The van der Waals surface area contributed by atoms with Gasteiger partial charge in [-0.25, -0.2) is 0 Å². The number of carbonyl (C=O) groups excluding carboxylic acids is 2. The molecule has 4 heteroatoms.